The molecule has 0 aromatic rings. The first-order valence-corrected chi connectivity index (χ1v) is 5.47. The zero-order valence-electron chi connectivity index (χ0n) is 7.59. The Morgan fingerprint density at radius 2 is 1.60 bits per heavy atom. The van der Waals surface area contributed by atoms with Crippen molar-refractivity contribution in [3.8, 4) is 0 Å². The molecule has 0 aromatic heterocycles. The molecule has 1 fully saturated rings. The van der Waals surface area contributed by atoms with E-state index in [1.165, 1.54) is 25.9 Å². The van der Waals surface area contributed by atoms with E-state index in [9.17, 15) is 26.0 Å². The van der Waals surface area contributed by atoms with Gasteiger partial charge in [0.25, 0.3) is 0 Å². The molecule has 0 spiro atoms. The zero-order valence-corrected chi connectivity index (χ0v) is 8.41. The van der Waals surface area contributed by atoms with Crippen LogP contribution >= 0.6 is 0 Å². The summed E-state index contributed by atoms with van der Waals surface area (Å²) in [6, 6.07) is 0. The lowest BCUT2D eigenvalue weighted by atomic mass is 10.4. The lowest BCUT2D eigenvalue weighted by molar-refractivity contribution is -0.0687. The van der Waals surface area contributed by atoms with Crippen LogP contribution in [0.25, 0.3) is 0 Å². The van der Waals surface area contributed by atoms with Crippen LogP contribution in [0.1, 0.15) is 12.8 Å². The summed E-state index contributed by atoms with van der Waals surface area (Å²) in [5.41, 5.74) is 0. The number of rotatable bonds is 2. The van der Waals surface area contributed by atoms with Crippen molar-refractivity contribution < 1.29 is 30.5 Å². The Balaban J connectivity index is 0.000000322. The Bertz CT molecular complexity index is 268. The second kappa shape index (κ2) is 5.61. The molecule has 0 bridgehead atoms. The fourth-order valence-electron chi connectivity index (χ4n) is 0.738. The van der Waals surface area contributed by atoms with Crippen molar-refractivity contribution in [1.82, 2.24) is 5.32 Å². The number of hydrogen-bond acceptors (Lipinski definition) is 3. The maximum absolute atomic E-state index is 11.5. The van der Waals surface area contributed by atoms with E-state index in [1.54, 1.807) is 0 Å². The van der Waals surface area contributed by atoms with E-state index in [4.69, 9.17) is 4.55 Å². The van der Waals surface area contributed by atoms with Gasteiger partial charge in [0.05, 0.1) is 0 Å². The Kier molecular flexibility index (Phi) is 5.46. The summed E-state index contributed by atoms with van der Waals surface area (Å²) in [5, 5.41) is -2.15. The fraction of sp³-hybridized carbons (Fsp3) is 1.00. The molecule has 92 valence electrons. The van der Waals surface area contributed by atoms with Crippen LogP contribution in [-0.4, -0.2) is 37.7 Å². The van der Waals surface area contributed by atoms with Gasteiger partial charge in [-0.25, -0.2) is 8.78 Å². The van der Waals surface area contributed by atoms with Gasteiger partial charge in [-0.2, -0.15) is 17.2 Å². The summed E-state index contributed by atoms with van der Waals surface area (Å²) in [5.74, 6) is 0. The van der Waals surface area contributed by atoms with Crippen LogP contribution in [0, 0.1) is 0 Å². The van der Waals surface area contributed by atoms with Crippen molar-refractivity contribution in [2.45, 2.75) is 24.5 Å². The first kappa shape index (κ1) is 14.6. The number of halogens is 4. The Hall–Kier alpha value is -0.410. The van der Waals surface area contributed by atoms with E-state index in [0.29, 0.717) is 0 Å². The standard InChI is InChI=1S/C4H9N.C2H2F4O3S/c1-2-4-5-3-1;3-1(4)2(5,6)10(7,8)9/h5H,1-4H2;1H,(H,7,8,9). The molecule has 9 heteroatoms. The van der Waals surface area contributed by atoms with Gasteiger partial charge in [-0.3, -0.25) is 4.55 Å². The molecular weight excluding hydrogens is 242 g/mol. The van der Waals surface area contributed by atoms with Gasteiger partial charge in [-0.15, -0.1) is 0 Å². The second-order valence-corrected chi connectivity index (χ2v) is 4.29. The van der Waals surface area contributed by atoms with E-state index in [0.717, 1.165) is 0 Å². The average molecular weight is 253 g/mol. The van der Waals surface area contributed by atoms with Crippen LogP contribution in [0.15, 0.2) is 0 Å². The highest BCUT2D eigenvalue weighted by Gasteiger charge is 2.53. The van der Waals surface area contributed by atoms with Gasteiger partial charge >= 0.3 is 21.8 Å². The van der Waals surface area contributed by atoms with Crippen LogP contribution in [0.4, 0.5) is 17.6 Å². The van der Waals surface area contributed by atoms with Gasteiger partial charge in [0.1, 0.15) is 0 Å². The van der Waals surface area contributed by atoms with E-state index >= 15 is 0 Å². The minimum absolute atomic E-state index is 1.25. The molecule has 4 nitrogen and oxygen atoms in total. The molecule has 0 unspecified atom stereocenters. The number of hydrogen-bond donors (Lipinski definition) is 2. The zero-order chi connectivity index (χ0) is 12.1. The average Bonchev–Trinajstić information content (AvgIpc) is 2.57. The maximum Gasteiger partial charge on any atom is 0.428 e. The van der Waals surface area contributed by atoms with Gasteiger partial charge in [-0.1, -0.05) is 0 Å². The Labute approximate surface area is 84.4 Å². The lowest BCUT2D eigenvalue weighted by Gasteiger charge is -2.09. The number of alkyl halides is 4. The van der Waals surface area contributed by atoms with Crippen molar-refractivity contribution in [2.75, 3.05) is 13.1 Å². The molecule has 0 amide bonds. The van der Waals surface area contributed by atoms with Crippen LogP contribution in [0.3, 0.4) is 0 Å². The molecule has 1 heterocycles. The molecule has 0 aliphatic carbocycles. The van der Waals surface area contributed by atoms with E-state index in [2.05, 4.69) is 5.32 Å². The van der Waals surface area contributed by atoms with Gasteiger partial charge < -0.3 is 5.32 Å². The molecule has 1 aliphatic rings. The van der Waals surface area contributed by atoms with Crippen molar-refractivity contribution in [2.24, 2.45) is 0 Å². The molecule has 1 rings (SSSR count). The Morgan fingerprint density at radius 1 is 1.20 bits per heavy atom. The van der Waals surface area contributed by atoms with E-state index in [-0.39, 0.29) is 0 Å². The third-order valence-corrected chi connectivity index (χ3v) is 2.42. The Morgan fingerprint density at radius 3 is 1.67 bits per heavy atom. The fourth-order valence-corrected chi connectivity index (χ4v) is 0.963. The molecule has 0 radical (unpaired) electrons. The maximum atomic E-state index is 11.5. The molecule has 0 atom stereocenters. The van der Waals surface area contributed by atoms with Gasteiger partial charge in [0, 0.05) is 0 Å². The largest absolute Gasteiger partial charge is 0.428 e. The second-order valence-electron chi connectivity index (χ2n) is 2.79. The van der Waals surface area contributed by atoms with Gasteiger partial charge in [0.15, 0.2) is 0 Å². The van der Waals surface area contributed by atoms with Crippen LogP contribution in [0.2, 0.25) is 0 Å². The van der Waals surface area contributed by atoms with Crippen molar-refractivity contribution >= 4 is 10.1 Å². The van der Waals surface area contributed by atoms with Crippen molar-refractivity contribution in [3.63, 3.8) is 0 Å². The van der Waals surface area contributed by atoms with Crippen LogP contribution in [-0.2, 0) is 10.1 Å². The SMILES string of the molecule is C1CCNC1.O=S(=O)(O)C(F)(F)C(F)F. The summed E-state index contributed by atoms with van der Waals surface area (Å²) in [6.07, 6.45) is -1.64. The summed E-state index contributed by atoms with van der Waals surface area (Å²) in [6.45, 7) is 2.50. The topological polar surface area (TPSA) is 66.4 Å². The summed E-state index contributed by atoms with van der Waals surface area (Å²) in [7, 11) is -5.98. The van der Waals surface area contributed by atoms with Crippen LogP contribution in [0.5, 0.6) is 0 Å². The summed E-state index contributed by atoms with van der Waals surface area (Å²) < 4.78 is 71.3. The number of nitrogens with one attached hydrogen (secondary N) is 1. The van der Waals surface area contributed by atoms with Gasteiger partial charge in [-0.05, 0) is 25.9 Å². The molecule has 15 heavy (non-hydrogen) atoms. The van der Waals surface area contributed by atoms with Gasteiger partial charge in [0.2, 0.25) is 0 Å². The molecule has 0 aromatic carbocycles. The lowest BCUT2D eigenvalue weighted by Crippen LogP contribution is -2.35. The first-order valence-electron chi connectivity index (χ1n) is 4.03. The molecule has 2 N–H and O–H groups in total. The molecule has 1 aliphatic heterocycles. The quantitative estimate of drug-likeness (QED) is 0.571. The van der Waals surface area contributed by atoms with E-state index in [1.807, 2.05) is 0 Å². The van der Waals surface area contributed by atoms with E-state index < -0.39 is 21.8 Å². The highest BCUT2D eigenvalue weighted by Crippen LogP contribution is 2.27. The molecular formula is C6H11F4NO3S. The van der Waals surface area contributed by atoms with Crippen molar-refractivity contribution in [1.29, 1.82) is 0 Å². The highest BCUT2D eigenvalue weighted by atomic mass is 32.2. The van der Waals surface area contributed by atoms with Crippen LogP contribution < -0.4 is 5.32 Å². The molecule has 1 saturated heterocycles. The smallest absolute Gasteiger partial charge is 0.317 e. The van der Waals surface area contributed by atoms with Crippen molar-refractivity contribution in [3.05, 3.63) is 0 Å². The molecule has 0 saturated carbocycles. The minimum atomic E-state index is -5.98. The third-order valence-electron chi connectivity index (χ3n) is 1.56. The minimum Gasteiger partial charge on any atom is -0.317 e. The predicted molar refractivity (Wildman–Crippen MR) is 44.6 cm³/mol. The predicted octanol–water partition coefficient (Wildman–Crippen LogP) is 1.10. The third kappa shape index (κ3) is 4.76. The highest BCUT2D eigenvalue weighted by molar-refractivity contribution is 7.86. The normalized spacial score (nSPS) is 17.5. The summed E-state index contributed by atoms with van der Waals surface area (Å²) in [4.78, 5) is 0. The monoisotopic (exact) mass is 253 g/mol. The first-order chi connectivity index (χ1) is 6.69. The summed E-state index contributed by atoms with van der Waals surface area (Å²) >= 11 is 0.